The second kappa shape index (κ2) is 6.95. The van der Waals surface area contributed by atoms with Crippen LogP contribution in [0.4, 0.5) is 0 Å². The van der Waals surface area contributed by atoms with Crippen molar-refractivity contribution in [1.29, 1.82) is 0 Å². The summed E-state index contributed by atoms with van der Waals surface area (Å²) in [6.07, 6.45) is 2.23. The molecule has 1 aromatic rings. The molecule has 0 aliphatic carbocycles. The lowest BCUT2D eigenvalue weighted by Crippen LogP contribution is -2.08. The van der Waals surface area contributed by atoms with Gasteiger partial charge in [-0.05, 0) is 37.3 Å². The number of hydrogen-bond acceptors (Lipinski definition) is 1. The van der Waals surface area contributed by atoms with Gasteiger partial charge in [-0.15, -0.1) is 0 Å². The molecule has 0 heterocycles. The van der Waals surface area contributed by atoms with Gasteiger partial charge in [0.2, 0.25) is 0 Å². The van der Waals surface area contributed by atoms with Crippen molar-refractivity contribution in [2.24, 2.45) is 5.92 Å². The molecule has 1 aromatic carbocycles. The van der Waals surface area contributed by atoms with Crippen LogP contribution in [0.3, 0.4) is 0 Å². The highest BCUT2D eigenvalue weighted by molar-refractivity contribution is 9.09. The standard InChI is InChI=1S/C14H21BrO/c1-4-16-14-8-6-5-7-12(14)9-10-13(15)11(2)3/h5-8,11,13H,4,9-10H2,1-3H3. The number of aryl methyl sites for hydroxylation is 1. The van der Waals surface area contributed by atoms with E-state index in [1.165, 1.54) is 5.56 Å². The average Bonchev–Trinajstić information content (AvgIpc) is 2.27. The van der Waals surface area contributed by atoms with Crippen molar-refractivity contribution in [2.45, 2.75) is 38.4 Å². The van der Waals surface area contributed by atoms with Gasteiger partial charge in [-0.1, -0.05) is 48.0 Å². The molecule has 0 aliphatic rings. The number of hydrogen-bond donors (Lipinski definition) is 0. The molecular weight excluding hydrogens is 264 g/mol. The molecule has 90 valence electrons. The van der Waals surface area contributed by atoms with Crippen LogP contribution < -0.4 is 4.74 Å². The van der Waals surface area contributed by atoms with Gasteiger partial charge in [0, 0.05) is 4.83 Å². The minimum Gasteiger partial charge on any atom is -0.494 e. The predicted molar refractivity (Wildman–Crippen MR) is 73.5 cm³/mol. The van der Waals surface area contributed by atoms with Gasteiger partial charge < -0.3 is 4.74 Å². The van der Waals surface area contributed by atoms with Crippen LogP contribution in [-0.4, -0.2) is 11.4 Å². The van der Waals surface area contributed by atoms with Crippen molar-refractivity contribution in [3.05, 3.63) is 29.8 Å². The van der Waals surface area contributed by atoms with Crippen LogP contribution in [0.25, 0.3) is 0 Å². The van der Waals surface area contributed by atoms with Crippen LogP contribution >= 0.6 is 15.9 Å². The van der Waals surface area contributed by atoms with Gasteiger partial charge in [-0.25, -0.2) is 0 Å². The molecular formula is C14H21BrO. The lowest BCUT2D eigenvalue weighted by Gasteiger charge is -2.15. The Labute approximate surface area is 107 Å². The van der Waals surface area contributed by atoms with E-state index in [9.17, 15) is 0 Å². The molecule has 16 heavy (non-hydrogen) atoms. The van der Waals surface area contributed by atoms with Gasteiger partial charge in [0.05, 0.1) is 6.61 Å². The minimum atomic E-state index is 0.585. The Bertz CT molecular complexity index is 309. The fourth-order valence-corrected chi connectivity index (χ4v) is 1.86. The maximum absolute atomic E-state index is 5.61. The maximum Gasteiger partial charge on any atom is 0.122 e. The third kappa shape index (κ3) is 4.17. The Balaban J connectivity index is 2.58. The molecule has 0 aliphatic heterocycles. The van der Waals surface area contributed by atoms with Crippen molar-refractivity contribution < 1.29 is 4.74 Å². The zero-order valence-corrected chi connectivity index (χ0v) is 12.0. The van der Waals surface area contributed by atoms with Gasteiger partial charge in [-0.2, -0.15) is 0 Å². The molecule has 0 aromatic heterocycles. The average molecular weight is 285 g/mol. The first-order valence-corrected chi connectivity index (χ1v) is 6.91. The zero-order valence-electron chi connectivity index (χ0n) is 10.4. The Kier molecular flexibility index (Phi) is 5.89. The van der Waals surface area contributed by atoms with E-state index in [0.29, 0.717) is 10.7 Å². The molecule has 0 saturated carbocycles. The zero-order chi connectivity index (χ0) is 12.0. The molecule has 1 rings (SSSR count). The number of benzene rings is 1. The summed E-state index contributed by atoms with van der Waals surface area (Å²) in [6.45, 7) is 7.25. The van der Waals surface area contributed by atoms with Gasteiger partial charge in [0.1, 0.15) is 5.75 Å². The van der Waals surface area contributed by atoms with Gasteiger partial charge in [-0.3, -0.25) is 0 Å². The largest absolute Gasteiger partial charge is 0.494 e. The summed E-state index contributed by atoms with van der Waals surface area (Å²) in [5, 5.41) is 0. The summed E-state index contributed by atoms with van der Waals surface area (Å²) >= 11 is 3.72. The Morgan fingerprint density at radius 3 is 2.56 bits per heavy atom. The summed E-state index contributed by atoms with van der Waals surface area (Å²) < 4.78 is 5.61. The first-order valence-electron chi connectivity index (χ1n) is 6.00. The predicted octanol–water partition coefficient (Wildman–Crippen LogP) is 4.44. The van der Waals surface area contributed by atoms with E-state index in [1.807, 2.05) is 13.0 Å². The highest BCUT2D eigenvalue weighted by Gasteiger charge is 2.10. The third-order valence-corrected chi connectivity index (χ3v) is 4.20. The Morgan fingerprint density at radius 1 is 1.25 bits per heavy atom. The van der Waals surface area contributed by atoms with Crippen molar-refractivity contribution in [3.63, 3.8) is 0 Å². The van der Waals surface area contributed by atoms with E-state index in [4.69, 9.17) is 4.74 Å². The lowest BCUT2D eigenvalue weighted by atomic mass is 10.0. The highest BCUT2D eigenvalue weighted by atomic mass is 79.9. The van der Waals surface area contributed by atoms with E-state index in [2.05, 4.69) is 48.0 Å². The van der Waals surface area contributed by atoms with Crippen LogP contribution in [0.15, 0.2) is 24.3 Å². The van der Waals surface area contributed by atoms with Crippen molar-refractivity contribution >= 4 is 15.9 Å². The van der Waals surface area contributed by atoms with Crippen LogP contribution in [0.2, 0.25) is 0 Å². The van der Waals surface area contributed by atoms with E-state index in [1.54, 1.807) is 0 Å². The van der Waals surface area contributed by atoms with Crippen LogP contribution in [0.1, 0.15) is 32.8 Å². The summed E-state index contributed by atoms with van der Waals surface area (Å²) in [7, 11) is 0. The molecule has 0 spiro atoms. The smallest absolute Gasteiger partial charge is 0.122 e. The topological polar surface area (TPSA) is 9.23 Å². The van der Waals surface area contributed by atoms with Gasteiger partial charge in [0.25, 0.3) is 0 Å². The first kappa shape index (κ1) is 13.6. The number of rotatable bonds is 6. The third-order valence-electron chi connectivity index (χ3n) is 2.69. The maximum atomic E-state index is 5.61. The summed E-state index contributed by atoms with van der Waals surface area (Å²) in [6, 6.07) is 8.32. The number of halogens is 1. The van der Waals surface area contributed by atoms with E-state index in [-0.39, 0.29) is 0 Å². The summed E-state index contributed by atoms with van der Waals surface area (Å²) in [4.78, 5) is 0.585. The fraction of sp³-hybridized carbons (Fsp3) is 0.571. The summed E-state index contributed by atoms with van der Waals surface area (Å²) in [5.41, 5.74) is 1.31. The van der Waals surface area contributed by atoms with Gasteiger partial charge in [0.15, 0.2) is 0 Å². The number of alkyl halides is 1. The molecule has 0 bridgehead atoms. The van der Waals surface area contributed by atoms with E-state index in [0.717, 1.165) is 25.2 Å². The monoisotopic (exact) mass is 284 g/mol. The molecule has 1 unspecified atom stereocenters. The Morgan fingerprint density at radius 2 is 1.94 bits per heavy atom. The van der Waals surface area contributed by atoms with Crippen molar-refractivity contribution in [1.82, 2.24) is 0 Å². The van der Waals surface area contributed by atoms with Crippen LogP contribution in [0.5, 0.6) is 5.75 Å². The lowest BCUT2D eigenvalue weighted by molar-refractivity contribution is 0.336. The van der Waals surface area contributed by atoms with Gasteiger partial charge >= 0.3 is 0 Å². The fourth-order valence-electron chi connectivity index (χ4n) is 1.63. The molecule has 1 atom stereocenters. The van der Waals surface area contributed by atoms with Crippen molar-refractivity contribution in [3.8, 4) is 5.75 Å². The normalized spacial score (nSPS) is 12.8. The molecule has 0 fully saturated rings. The van der Waals surface area contributed by atoms with Crippen LogP contribution in [0, 0.1) is 5.92 Å². The van der Waals surface area contributed by atoms with Crippen LogP contribution in [-0.2, 0) is 6.42 Å². The molecule has 2 heteroatoms. The second-order valence-corrected chi connectivity index (χ2v) is 5.52. The summed E-state index contributed by atoms with van der Waals surface area (Å²) in [5.74, 6) is 1.72. The molecule has 1 nitrogen and oxygen atoms in total. The quantitative estimate of drug-likeness (QED) is 0.702. The van der Waals surface area contributed by atoms with Crippen molar-refractivity contribution in [2.75, 3.05) is 6.61 Å². The molecule has 0 saturated heterocycles. The highest BCUT2D eigenvalue weighted by Crippen LogP contribution is 2.23. The van der Waals surface area contributed by atoms with E-state index < -0.39 is 0 Å². The SMILES string of the molecule is CCOc1ccccc1CCC(Br)C(C)C. The first-order chi connectivity index (χ1) is 7.65. The molecule has 0 N–H and O–H groups in total. The number of ether oxygens (including phenoxy) is 1. The van der Waals surface area contributed by atoms with E-state index >= 15 is 0 Å². The Hall–Kier alpha value is -0.500. The molecule has 0 radical (unpaired) electrons. The molecule has 0 amide bonds. The number of para-hydroxylation sites is 1. The minimum absolute atomic E-state index is 0.585. The second-order valence-electron chi connectivity index (χ2n) is 4.34.